The predicted octanol–water partition coefficient (Wildman–Crippen LogP) is 3.47. The van der Waals surface area contributed by atoms with E-state index in [2.05, 4.69) is 26.0 Å². The Morgan fingerprint density at radius 1 is 1.30 bits per heavy atom. The minimum Gasteiger partial charge on any atom is -0.466 e. The highest BCUT2D eigenvalue weighted by Gasteiger charge is 2.43. The summed E-state index contributed by atoms with van der Waals surface area (Å²) < 4.78 is 11.0. The van der Waals surface area contributed by atoms with Crippen molar-refractivity contribution < 1.29 is 14.3 Å². The lowest BCUT2D eigenvalue weighted by molar-refractivity contribution is -0.148. The second-order valence-corrected chi connectivity index (χ2v) is 6.16. The van der Waals surface area contributed by atoms with Crippen LogP contribution in [-0.4, -0.2) is 24.8 Å². The van der Waals surface area contributed by atoms with Gasteiger partial charge in [-0.3, -0.25) is 4.79 Å². The Morgan fingerprint density at radius 3 is 2.60 bits per heavy atom. The van der Waals surface area contributed by atoms with Gasteiger partial charge in [-0.1, -0.05) is 30.3 Å². The third kappa shape index (κ3) is 3.40. The van der Waals surface area contributed by atoms with E-state index < -0.39 is 0 Å². The smallest absolute Gasteiger partial charge is 0.306 e. The molecule has 3 heteroatoms. The summed E-state index contributed by atoms with van der Waals surface area (Å²) in [4.78, 5) is 12.0. The Bertz CT molecular complexity index is 453. The van der Waals surface area contributed by atoms with Gasteiger partial charge in [0.2, 0.25) is 0 Å². The molecule has 2 rings (SSSR count). The number of rotatable bonds is 4. The summed E-state index contributed by atoms with van der Waals surface area (Å²) in [5.41, 5.74) is 0.833. The maximum atomic E-state index is 12.0. The van der Waals surface area contributed by atoms with Crippen LogP contribution in [0.15, 0.2) is 30.3 Å². The number of ether oxygens (including phenoxy) is 2. The lowest BCUT2D eigenvalue weighted by Gasteiger charge is -2.45. The average Bonchev–Trinajstić information content (AvgIpc) is 2.38. The van der Waals surface area contributed by atoms with E-state index in [9.17, 15) is 4.79 Å². The van der Waals surface area contributed by atoms with Crippen LogP contribution in [0.5, 0.6) is 0 Å². The molecule has 0 aromatic heterocycles. The molecular weight excluding hydrogens is 252 g/mol. The molecule has 0 N–H and O–H groups in total. The molecule has 1 aliphatic rings. The van der Waals surface area contributed by atoms with Gasteiger partial charge in [0.1, 0.15) is 0 Å². The van der Waals surface area contributed by atoms with Crippen molar-refractivity contribution in [3.63, 3.8) is 0 Å². The summed E-state index contributed by atoms with van der Waals surface area (Å²) in [6.45, 7) is 7.15. The lowest BCUT2D eigenvalue weighted by Crippen LogP contribution is -2.45. The standard InChI is InChI=1S/C17H24O3/c1-4-19-15(18)12-17(14-8-6-5-7-9-14)10-11-20-16(2,3)13-17/h5-9H,4,10-13H2,1-3H3. The fraction of sp³-hybridized carbons (Fsp3) is 0.588. The number of carbonyl (C=O) groups excluding carboxylic acids is 1. The monoisotopic (exact) mass is 276 g/mol. The van der Waals surface area contributed by atoms with Crippen molar-refractivity contribution in [2.75, 3.05) is 13.2 Å². The Kier molecular flexibility index (Phi) is 4.48. The molecule has 1 fully saturated rings. The normalized spacial score (nSPS) is 25.1. The molecule has 0 aliphatic carbocycles. The van der Waals surface area contributed by atoms with Gasteiger partial charge in [0.25, 0.3) is 0 Å². The number of esters is 1. The highest BCUT2D eigenvalue weighted by Crippen LogP contribution is 2.44. The predicted molar refractivity (Wildman–Crippen MR) is 78.6 cm³/mol. The highest BCUT2D eigenvalue weighted by atomic mass is 16.5. The maximum Gasteiger partial charge on any atom is 0.306 e. The van der Waals surface area contributed by atoms with Gasteiger partial charge >= 0.3 is 5.97 Å². The largest absolute Gasteiger partial charge is 0.466 e. The molecule has 20 heavy (non-hydrogen) atoms. The summed E-state index contributed by atoms with van der Waals surface area (Å²) in [5, 5.41) is 0. The molecule has 0 amide bonds. The Morgan fingerprint density at radius 2 is 2.00 bits per heavy atom. The van der Waals surface area contributed by atoms with Crippen molar-refractivity contribution in [1.29, 1.82) is 0 Å². The molecule has 0 bridgehead atoms. The van der Waals surface area contributed by atoms with Crippen LogP contribution in [0.25, 0.3) is 0 Å². The molecular formula is C17H24O3. The molecule has 1 atom stereocenters. The van der Waals surface area contributed by atoms with Crippen LogP contribution >= 0.6 is 0 Å². The van der Waals surface area contributed by atoms with Crippen LogP contribution in [-0.2, 0) is 19.7 Å². The van der Waals surface area contributed by atoms with Crippen LogP contribution < -0.4 is 0 Å². The van der Waals surface area contributed by atoms with Crippen LogP contribution in [0.1, 0.15) is 45.6 Å². The van der Waals surface area contributed by atoms with Gasteiger partial charge in [-0.2, -0.15) is 0 Å². The quantitative estimate of drug-likeness (QED) is 0.790. The van der Waals surface area contributed by atoms with Crippen molar-refractivity contribution in [3.8, 4) is 0 Å². The first-order valence-electron chi connectivity index (χ1n) is 7.33. The topological polar surface area (TPSA) is 35.5 Å². The van der Waals surface area contributed by atoms with Gasteiger partial charge in [0.05, 0.1) is 18.6 Å². The molecule has 1 unspecified atom stereocenters. The van der Waals surface area contributed by atoms with Gasteiger partial charge in [0, 0.05) is 12.0 Å². The minimum absolute atomic E-state index is 0.117. The maximum absolute atomic E-state index is 12.0. The Hall–Kier alpha value is -1.35. The number of benzene rings is 1. The van der Waals surface area contributed by atoms with E-state index in [1.165, 1.54) is 5.56 Å². The summed E-state index contributed by atoms with van der Waals surface area (Å²) in [6.07, 6.45) is 2.12. The van der Waals surface area contributed by atoms with Crippen LogP contribution in [0.4, 0.5) is 0 Å². The van der Waals surface area contributed by atoms with E-state index in [0.29, 0.717) is 19.6 Å². The fourth-order valence-corrected chi connectivity index (χ4v) is 3.26. The zero-order valence-corrected chi connectivity index (χ0v) is 12.6. The van der Waals surface area contributed by atoms with E-state index in [1.807, 2.05) is 25.1 Å². The van der Waals surface area contributed by atoms with Crippen molar-refractivity contribution in [2.24, 2.45) is 0 Å². The molecule has 1 aromatic rings. The molecule has 1 saturated heterocycles. The van der Waals surface area contributed by atoms with E-state index in [1.54, 1.807) is 0 Å². The van der Waals surface area contributed by atoms with Gasteiger partial charge < -0.3 is 9.47 Å². The first-order valence-corrected chi connectivity index (χ1v) is 7.33. The van der Waals surface area contributed by atoms with Gasteiger partial charge in [-0.05, 0) is 39.2 Å². The Labute approximate surface area is 121 Å². The SMILES string of the molecule is CCOC(=O)CC1(c2ccccc2)CCOC(C)(C)C1. The third-order valence-electron chi connectivity index (χ3n) is 4.01. The summed E-state index contributed by atoms with van der Waals surface area (Å²) in [7, 11) is 0. The van der Waals surface area contributed by atoms with Gasteiger partial charge in [-0.15, -0.1) is 0 Å². The molecule has 110 valence electrons. The summed E-state index contributed by atoms with van der Waals surface area (Å²) in [5.74, 6) is -0.117. The molecule has 0 spiro atoms. The minimum atomic E-state index is -0.208. The van der Waals surface area contributed by atoms with Crippen LogP contribution in [0.2, 0.25) is 0 Å². The summed E-state index contributed by atoms with van der Waals surface area (Å²) in [6, 6.07) is 10.3. The highest BCUT2D eigenvalue weighted by molar-refractivity contribution is 5.71. The number of hydrogen-bond donors (Lipinski definition) is 0. The molecule has 0 saturated carbocycles. The van der Waals surface area contributed by atoms with Crippen molar-refractivity contribution in [1.82, 2.24) is 0 Å². The second-order valence-electron chi connectivity index (χ2n) is 6.16. The molecule has 3 nitrogen and oxygen atoms in total. The molecule has 0 radical (unpaired) electrons. The molecule has 1 heterocycles. The number of hydrogen-bond acceptors (Lipinski definition) is 3. The lowest BCUT2D eigenvalue weighted by atomic mass is 9.67. The van der Waals surface area contributed by atoms with Gasteiger partial charge in [0.15, 0.2) is 0 Å². The van der Waals surface area contributed by atoms with Crippen LogP contribution in [0.3, 0.4) is 0 Å². The third-order valence-corrected chi connectivity index (χ3v) is 4.01. The second kappa shape index (κ2) is 5.96. The first-order chi connectivity index (χ1) is 9.47. The van der Waals surface area contributed by atoms with E-state index in [4.69, 9.17) is 9.47 Å². The fourth-order valence-electron chi connectivity index (χ4n) is 3.26. The van der Waals surface area contributed by atoms with Crippen LogP contribution in [0, 0.1) is 0 Å². The van der Waals surface area contributed by atoms with E-state index in [0.717, 1.165) is 12.8 Å². The summed E-state index contributed by atoms with van der Waals surface area (Å²) >= 11 is 0. The van der Waals surface area contributed by atoms with Crippen molar-refractivity contribution in [2.45, 2.75) is 51.0 Å². The zero-order valence-electron chi connectivity index (χ0n) is 12.6. The van der Waals surface area contributed by atoms with E-state index in [-0.39, 0.29) is 17.0 Å². The van der Waals surface area contributed by atoms with Gasteiger partial charge in [-0.25, -0.2) is 0 Å². The van der Waals surface area contributed by atoms with Crippen molar-refractivity contribution in [3.05, 3.63) is 35.9 Å². The first kappa shape index (κ1) is 15.0. The average molecular weight is 276 g/mol. The van der Waals surface area contributed by atoms with Crippen molar-refractivity contribution >= 4 is 5.97 Å². The Balaban J connectivity index is 2.31. The zero-order chi connectivity index (χ0) is 14.6. The molecule has 1 aliphatic heterocycles. The molecule has 1 aromatic carbocycles. The number of carbonyl (C=O) groups is 1. The van der Waals surface area contributed by atoms with E-state index >= 15 is 0 Å².